The summed E-state index contributed by atoms with van der Waals surface area (Å²) < 4.78 is 0. The topological polar surface area (TPSA) is 41.1 Å². The largest absolute Gasteiger partial charge is 0.355 e. The predicted molar refractivity (Wildman–Crippen MR) is 107 cm³/mol. The molecule has 0 saturated carbocycles. The second kappa shape index (κ2) is 11.7. The number of benzene rings is 2. The highest BCUT2D eigenvalue weighted by Gasteiger charge is 2.17. The SMILES string of the molecule is CCN[C@H](C)CNC(=O)CC(Cc1ccccc1)c1ccccc1.Cl. The van der Waals surface area contributed by atoms with Crippen molar-refractivity contribution in [2.75, 3.05) is 13.1 Å². The van der Waals surface area contributed by atoms with E-state index in [1.807, 2.05) is 24.3 Å². The Balaban J connectivity index is 0.00000312. The van der Waals surface area contributed by atoms with Gasteiger partial charge in [-0.15, -0.1) is 12.4 Å². The van der Waals surface area contributed by atoms with Gasteiger partial charge in [-0.25, -0.2) is 0 Å². The van der Waals surface area contributed by atoms with Crippen molar-refractivity contribution >= 4 is 18.3 Å². The fourth-order valence-electron chi connectivity index (χ4n) is 2.92. The molecule has 0 spiro atoms. The van der Waals surface area contributed by atoms with E-state index in [1.54, 1.807) is 0 Å². The summed E-state index contributed by atoms with van der Waals surface area (Å²) in [6, 6.07) is 21.0. The first-order valence-corrected chi connectivity index (χ1v) is 8.78. The van der Waals surface area contributed by atoms with Crippen molar-refractivity contribution in [3.8, 4) is 0 Å². The predicted octanol–water partition coefficient (Wildman–Crippen LogP) is 3.94. The standard InChI is InChI=1S/C21H28N2O.ClH/c1-3-22-17(2)16-23-21(24)15-20(19-12-8-5-9-13-19)14-18-10-6-4-7-11-18;/h4-13,17,20,22H,3,14-16H2,1-2H3,(H,23,24);1H/t17-,20?;/m1./s1. The highest BCUT2D eigenvalue weighted by molar-refractivity contribution is 5.85. The summed E-state index contributed by atoms with van der Waals surface area (Å²) in [5.41, 5.74) is 2.48. The summed E-state index contributed by atoms with van der Waals surface area (Å²) in [5.74, 6) is 0.313. The molecule has 0 fully saturated rings. The summed E-state index contributed by atoms with van der Waals surface area (Å²) in [6.45, 7) is 5.74. The van der Waals surface area contributed by atoms with Gasteiger partial charge in [0.1, 0.15) is 0 Å². The normalized spacial score (nSPS) is 12.7. The van der Waals surface area contributed by atoms with E-state index in [4.69, 9.17) is 0 Å². The van der Waals surface area contributed by atoms with E-state index in [0.717, 1.165) is 13.0 Å². The van der Waals surface area contributed by atoms with Crippen molar-refractivity contribution in [2.45, 2.75) is 38.6 Å². The van der Waals surface area contributed by atoms with E-state index in [1.165, 1.54) is 11.1 Å². The maximum Gasteiger partial charge on any atom is 0.220 e. The first-order valence-electron chi connectivity index (χ1n) is 8.78. The van der Waals surface area contributed by atoms with Gasteiger partial charge in [-0.2, -0.15) is 0 Å². The van der Waals surface area contributed by atoms with Gasteiger partial charge >= 0.3 is 0 Å². The Bertz CT molecular complexity index is 604. The smallest absolute Gasteiger partial charge is 0.220 e. The lowest BCUT2D eigenvalue weighted by Crippen LogP contribution is -2.39. The summed E-state index contributed by atoms with van der Waals surface area (Å²) in [7, 11) is 0. The lowest BCUT2D eigenvalue weighted by atomic mass is 9.89. The zero-order valence-corrected chi connectivity index (χ0v) is 15.9. The Labute approximate surface area is 157 Å². The molecule has 4 heteroatoms. The van der Waals surface area contributed by atoms with Crippen LogP contribution in [0.15, 0.2) is 60.7 Å². The number of hydrogen-bond donors (Lipinski definition) is 2. The molecule has 3 nitrogen and oxygen atoms in total. The van der Waals surface area contributed by atoms with Crippen LogP contribution in [0.3, 0.4) is 0 Å². The zero-order chi connectivity index (χ0) is 17.2. The molecule has 0 radical (unpaired) electrons. The van der Waals surface area contributed by atoms with Crippen LogP contribution in [0.1, 0.15) is 37.3 Å². The van der Waals surface area contributed by atoms with Crippen LogP contribution in [0.4, 0.5) is 0 Å². The molecule has 0 aliphatic carbocycles. The minimum Gasteiger partial charge on any atom is -0.355 e. The molecule has 25 heavy (non-hydrogen) atoms. The summed E-state index contributed by atoms with van der Waals surface area (Å²) in [5, 5.41) is 6.36. The van der Waals surface area contributed by atoms with Gasteiger partial charge < -0.3 is 10.6 Å². The van der Waals surface area contributed by atoms with E-state index < -0.39 is 0 Å². The number of rotatable bonds is 9. The van der Waals surface area contributed by atoms with E-state index >= 15 is 0 Å². The van der Waals surface area contributed by atoms with Crippen LogP contribution in [-0.2, 0) is 11.2 Å². The molecule has 0 aliphatic rings. The maximum atomic E-state index is 12.4. The van der Waals surface area contributed by atoms with Crippen LogP contribution < -0.4 is 10.6 Å². The maximum absolute atomic E-state index is 12.4. The molecule has 0 heterocycles. The molecule has 2 aromatic rings. The lowest BCUT2D eigenvalue weighted by molar-refractivity contribution is -0.121. The van der Waals surface area contributed by atoms with Gasteiger partial charge in [0, 0.05) is 19.0 Å². The van der Waals surface area contributed by atoms with Crippen molar-refractivity contribution < 1.29 is 4.79 Å². The molecular formula is C21H29ClN2O. The minimum absolute atomic E-state index is 0. The lowest BCUT2D eigenvalue weighted by Gasteiger charge is -2.19. The third-order valence-electron chi connectivity index (χ3n) is 4.19. The molecule has 0 aliphatic heterocycles. The Morgan fingerprint density at radius 1 is 1.00 bits per heavy atom. The van der Waals surface area contributed by atoms with E-state index in [0.29, 0.717) is 19.0 Å². The van der Waals surface area contributed by atoms with Crippen LogP contribution >= 0.6 is 12.4 Å². The minimum atomic E-state index is 0. The Morgan fingerprint density at radius 2 is 1.60 bits per heavy atom. The number of nitrogens with one attached hydrogen (secondary N) is 2. The van der Waals surface area contributed by atoms with Crippen LogP contribution in [0.25, 0.3) is 0 Å². The number of hydrogen-bond acceptors (Lipinski definition) is 2. The fourth-order valence-corrected chi connectivity index (χ4v) is 2.92. The number of likely N-dealkylation sites (N-methyl/N-ethyl adjacent to an activating group) is 1. The van der Waals surface area contributed by atoms with Crippen molar-refractivity contribution in [1.29, 1.82) is 0 Å². The van der Waals surface area contributed by atoms with Crippen LogP contribution in [0.2, 0.25) is 0 Å². The van der Waals surface area contributed by atoms with Gasteiger partial charge in [0.2, 0.25) is 5.91 Å². The van der Waals surface area contributed by atoms with Crippen LogP contribution in [0, 0.1) is 0 Å². The van der Waals surface area contributed by atoms with E-state index in [9.17, 15) is 4.79 Å². The fraction of sp³-hybridized carbons (Fsp3) is 0.381. The van der Waals surface area contributed by atoms with Gasteiger partial charge in [0.15, 0.2) is 0 Å². The molecule has 2 rings (SSSR count). The first-order chi connectivity index (χ1) is 11.7. The molecule has 2 aromatic carbocycles. The molecule has 0 bridgehead atoms. The Hall–Kier alpha value is -1.84. The van der Waals surface area contributed by atoms with Crippen molar-refractivity contribution in [2.24, 2.45) is 0 Å². The van der Waals surface area contributed by atoms with Crippen molar-refractivity contribution in [3.63, 3.8) is 0 Å². The number of carbonyl (C=O) groups excluding carboxylic acids is 1. The third kappa shape index (κ3) is 7.72. The Kier molecular flexibility index (Phi) is 9.90. The number of carbonyl (C=O) groups is 1. The Morgan fingerprint density at radius 3 is 2.20 bits per heavy atom. The van der Waals surface area contributed by atoms with Crippen molar-refractivity contribution in [1.82, 2.24) is 10.6 Å². The molecule has 1 unspecified atom stereocenters. The van der Waals surface area contributed by atoms with E-state index in [2.05, 4.69) is 60.9 Å². The molecule has 0 saturated heterocycles. The van der Waals surface area contributed by atoms with Crippen LogP contribution in [0.5, 0.6) is 0 Å². The summed E-state index contributed by atoms with van der Waals surface area (Å²) in [6.07, 6.45) is 1.39. The summed E-state index contributed by atoms with van der Waals surface area (Å²) >= 11 is 0. The number of halogens is 1. The average Bonchev–Trinajstić information content (AvgIpc) is 2.61. The second-order valence-electron chi connectivity index (χ2n) is 6.26. The first kappa shape index (κ1) is 21.2. The molecule has 1 amide bonds. The average molecular weight is 361 g/mol. The molecule has 0 aromatic heterocycles. The molecular weight excluding hydrogens is 332 g/mol. The van der Waals surface area contributed by atoms with Gasteiger partial charge in [-0.1, -0.05) is 67.6 Å². The van der Waals surface area contributed by atoms with Crippen molar-refractivity contribution in [3.05, 3.63) is 71.8 Å². The monoisotopic (exact) mass is 360 g/mol. The van der Waals surface area contributed by atoms with Gasteiger partial charge in [0.25, 0.3) is 0 Å². The third-order valence-corrected chi connectivity index (χ3v) is 4.19. The van der Waals surface area contributed by atoms with E-state index in [-0.39, 0.29) is 24.2 Å². The zero-order valence-electron chi connectivity index (χ0n) is 15.1. The highest BCUT2D eigenvalue weighted by Crippen LogP contribution is 2.24. The quantitative estimate of drug-likeness (QED) is 0.711. The second-order valence-corrected chi connectivity index (χ2v) is 6.26. The molecule has 136 valence electrons. The van der Waals surface area contributed by atoms with Crippen LogP contribution in [-0.4, -0.2) is 25.0 Å². The summed E-state index contributed by atoms with van der Waals surface area (Å²) in [4.78, 5) is 12.4. The molecule has 2 N–H and O–H groups in total. The van der Waals surface area contributed by atoms with Gasteiger partial charge in [-0.3, -0.25) is 4.79 Å². The van der Waals surface area contributed by atoms with Gasteiger partial charge in [0.05, 0.1) is 0 Å². The highest BCUT2D eigenvalue weighted by atomic mass is 35.5. The molecule has 2 atom stereocenters. The number of amides is 1. The van der Waals surface area contributed by atoms with Gasteiger partial charge in [-0.05, 0) is 36.9 Å².